The van der Waals surface area contributed by atoms with Crippen molar-refractivity contribution in [3.05, 3.63) is 71.6 Å². The summed E-state index contributed by atoms with van der Waals surface area (Å²) in [5, 5.41) is 13.4. The summed E-state index contributed by atoms with van der Waals surface area (Å²) in [6.07, 6.45) is 2.43. The van der Waals surface area contributed by atoms with Gasteiger partial charge in [-0.05, 0) is 29.1 Å². The summed E-state index contributed by atoms with van der Waals surface area (Å²) in [5.74, 6) is 2.86. The summed E-state index contributed by atoms with van der Waals surface area (Å²) >= 11 is 0. The summed E-state index contributed by atoms with van der Waals surface area (Å²) < 4.78 is 10.3. The van der Waals surface area contributed by atoms with Crippen molar-refractivity contribution in [2.24, 2.45) is 0 Å². The molecule has 36 heavy (non-hydrogen) atoms. The lowest BCUT2D eigenvalue weighted by Gasteiger charge is -2.17. The van der Waals surface area contributed by atoms with Gasteiger partial charge in [0.05, 0.1) is 0 Å². The number of fused-ring (bicyclic) bond motifs is 2. The van der Waals surface area contributed by atoms with Gasteiger partial charge in [0, 0.05) is 61.3 Å². The van der Waals surface area contributed by atoms with Crippen LogP contribution in [0.1, 0.15) is 34.6 Å². The van der Waals surface area contributed by atoms with E-state index in [1.165, 1.54) is 0 Å². The molecular weight excluding hydrogens is 458 g/mol. The molecular formula is C26H23N7O3. The molecule has 0 atom stereocenters. The van der Waals surface area contributed by atoms with E-state index in [-0.39, 0.29) is 5.91 Å². The Morgan fingerprint density at radius 2 is 1.81 bits per heavy atom. The molecule has 0 fully saturated rings. The Morgan fingerprint density at radius 3 is 2.61 bits per heavy atom. The van der Waals surface area contributed by atoms with Gasteiger partial charge in [0.1, 0.15) is 5.82 Å². The normalized spacial score (nSPS) is 12.9. The fraction of sp³-hybridized carbons (Fsp3) is 0.231. The van der Waals surface area contributed by atoms with Gasteiger partial charge >= 0.3 is 0 Å². The Bertz CT molecular complexity index is 1590. The molecule has 180 valence electrons. The van der Waals surface area contributed by atoms with Crippen LogP contribution in [0.5, 0.6) is 0 Å². The molecule has 1 N–H and O–H groups in total. The zero-order valence-electron chi connectivity index (χ0n) is 19.9. The zero-order chi connectivity index (χ0) is 24.6. The van der Waals surface area contributed by atoms with E-state index < -0.39 is 0 Å². The topological polar surface area (TPSA) is 123 Å². The number of nitrogens with one attached hydrogen (secondary N) is 1. The first kappa shape index (κ1) is 21.9. The second-order valence-electron chi connectivity index (χ2n) is 8.62. The van der Waals surface area contributed by atoms with E-state index in [9.17, 15) is 4.79 Å². The van der Waals surface area contributed by atoms with Crippen molar-refractivity contribution in [1.82, 2.24) is 30.2 Å². The van der Waals surface area contributed by atoms with E-state index in [1.807, 2.05) is 54.3 Å². The number of benzene rings is 2. The lowest BCUT2D eigenvalue weighted by Crippen LogP contribution is -2.29. The number of anilines is 1. The highest BCUT2D eigenvalue weighted by molar-refractivity contribution is 5.99. The summed E-state index contributed by atoms with van der Waals surface area (Å²) in [5.41, 5.74) is 3.30. The van der Waals surface area contributed by atoms with Crippen molar-refractivity contribution >= 4 is 22.5 Å². The third-order valence-corrected chi connectivity index (χ3v) is 6.24. The number of hydrogen-bond acceptors (Lipinski definition) is 9. The van der Waals surface area contributed by atoms with Crippen molar-refractivity contribution < 1.29 is 13.8 Å². The summed E-state index contributed by atoms with van der Waals surface area (Å²) in [6.45, 7) is 5.36. The molecule has 10 heteroatoms. The standard InChI is InChI=1S/C26H23N7O3/c1-3-22-30-24(32-36-22)18-6-7-19-14-33(26(34)21(19)13-18)11-10-28-25-20-12-17(23-29-15(2)35-31-23)5-4-16(20)8-9-27-25/h4-9,12-13H,3,10-11,14H2,1-2H3,(H,27,28). The molecule has 3 aromatic heterocycles. The van der Waals surface area contributed by atoms with Crippen LogP contribution in [0.25, 0.3) is 33.5 Å². The highest BCUT2D eigenvalue weighted by Crippen LogP contribution is 2.29. The minimum absolute atomic E-state index is 0.00602. The maximum Gasteiger partial charge on any atom is 0.254 e. The van der Waals surface area contributed by atoms with Gasteiger partial charge in [-0.25, -0.2) is 4.98 Å². The predicted octanol–water partition coefficient (Wildman–Crippen LogP) is 4.27. The van der Waals surface area contributed by atoms with Crippen LogP contribution in [-0.4, -0.2) is 49.2 Å². The fourth-order valence-corrected chi connectivity index (χ4v) is 4.37. The highest BCUT2D eigenvalue weighted by Gasteiger charge is 2.28. The summed E-state index contributed by atoms with van der Waals surface area (Å²) in [4.78, 5) is 28.1. The fourth-order valence-electron chi connectivity index (χ4n) is 4.37. The van der Waals surface area contributed by atoms with Crippen molar-refractivity contribution in [3.8, 4) is 22.8 Å². The van der Waals surface area contributed by atoms with Crippen LogP contribution in [0.2, 0.25) is 0 Å². The Balaban J connectivity index is 1.16. The van der Waals surface area contributed by atoms with E-state index in [1.54, 1.807) is 13.1 Å². The Labute approximate surface area is 206 Å². The lowest BCUT2D eigenvalue weighted by atomic mass is 10.1. The molecule has 0 radical (unpaired) electrons. The Morgan fingerprint density at radius 1 is 1.00 bits per heavy atom. The monoisotopic (exact) mass is 481 g/mol. The van der Waals surface area contributed by atoms with E-state index in [4.69, 9.17) is 9.05 Å². The van der Waals surface area contributed by atoms with Crippen LogP contribution >= 0.6 is 0 Å². The van der Waals surface area contributed by atoms with Crippen LogP contribution in [0.15, 0.2) is 57.7 Å². The maximum absolute atomic E-state index is 13.1. The molecule has 2 aromatic carbocycles. The zero-order valence-corrected chi connectivity index (χ0v) is 19.9. The van der Waals surface area contributed by atoms with Crippen LogP contribution in [0, 0.1) is 6.92 Å². The largest absolute Gasteiger partial charge is 0.368 e. The molecule has 0 unspecified atom stereocenters. The van der Waals surface area contributed by atoms with Gasteiger partial charge in [-0.15, -0.1) is 0 Å². The molecule has 0 saturated heterocycles. The molecule has 4 heterocycles. The number of carbonyl (C=O) groups is 1. The van der Waals surface area contributed by atoms with Crippen LogP contribution in [-0.2, 0) is 13.0 Å². The number of amides is 1. The van der Waals surface area contributed by atoms with Crippen molar-refractivity contribution in [1.29, 1.82) is 0 Å². The number of aryl methyl sites for hydroxylation is 2. The average molecular weight is 482 g/mol. The smallest absolute Gasteiger partial charge is 0.254 e. The maximum atomic E-state index is 13.1. The number of pyridine rings is 1. The van der Waals surface area contributed by atoms with Crippen LogP contribution in [0.3, 0.4) is 0 Å². The molecule has 10 nitrogen and oxygen atoms in total. The van der Waals surface area contributed by atoms with E-state index in [2.05, 4.69) is 30.6 Å². The third-order valence-electron chi connectivity index (χ3n) is 6.24. The van der Waals surface area contributed by atoms with E-state index >= 15 is 0 Å². The number of aromatic nitrogens is 5. The quantitative estimate of drug-likeness (QED) is 0.363. The first-order valence-electron chi connectivity index (χ1n) is 11.8. The molecule has 1 aliphatic rings. The van der Waals surface area contributed by atoms with Gasteiger partial charge in [0.25, 0.3) is 5.91 Å². The van der Waals surface area contributed by atoms with Crippen molar-refractivity contribution in [2.75, 3.05) is 18.4 Å². The first-order valence-corrected chi connectivity index (χ1v) is 11.8. The predicted molar refractivity (Wildman–Crippen MR) is 132 cm³/mol. The number of rotatable bonds is 7. The molecule has 6 rings (SSSR count). The third kappa shape index (κ3) is 3.96. The second kappa shape index (κ2) is 8.88. The molecule has 1 amide bonds. The summed E-state index contributed by atoms with van der Waals surface area (Å²) in [6, 6.07) is 13.7. The Kier molecular flexibility index (Phi) is 5.40. The van der Waals surface area contributed by atoms with Gasteiger partial charge in [0.2, 0.25) is 23.4 Å². The van der Waals surface area contributed by atoms with E-state index in [0.717, 1.165) is 33.3 Å². The number of nitrogens with zero attached hydrogens (tertiary/aromatic N) is 6. The van der Waals surface area contributed by atoms with Crippen LogP contribution in [0.4, 0.5) is 5.82 Å². The van der Waals surface area contributed by atoms with Gasteiger partial charge in [-0.3, -0.25) is 4.79 Å². The lowest BCUT2D eigenvalue weighted by molar-refractivity contribution is 0.0784. The second-order valence-corrected chi connectivity index (χ2v) is 8.62. The molecule has 0 saturated carbocycles. The van der Waals surface area contributed by atoms with Crippen molar-refractivity contribution in [3.63, 3.8) is 0 Å². The van der Waals surface area contributed by atoms with Gasteiger partial charge in [-0.2, -0.15) is 9.97 Å². The number of carbonyl (C=O) groups excluding carboxylic acids is 1. The summed E-state index contributed by atoms with van der Waals surface area (Å²) in [7, 11) is 0. The minimum Gasteiger partial charge on any atom is -0.368 e. The van der Waals surface area contributed by atoms with Crippen LogP contribution < -0.4 is 5.32 Å². The SMILES string of the molecule is CCc1nc(-c2ccc3c(c2)C(=O)N(CCNc2nccc4ccc(-c5noc(C)n5)cc24)C3)no1. The molecule has 1 aliphatic heterocycles. The minimum atomic E-state index is -0.00602. The molecule has 0 aliphatic carbocycles. The number of hydrogen-bond donors (Lipinski definition) is 1. The van der Waals surface area contributed by atoms with Gasteiger partial charge in [0.15, 0.2) is 0 Å². The first-order chi connectivity index (χ1) is 17.6. The van der Waals surface area contributed by atoms with Crippen molar-refractivity contribution in [2.45, 2.75) is 26.8 Å². The molecule has 5 aromatic rings. The average Bonchev–Trinajstić information content (AvgIpc) is 3.63. The van der Waals surface area contributed by atoms with Gasteiger partial charge in [-0.1, -0.05) is 41.5 Å². The Hall–Kier alpha value is -4.60. The highest BCUT2D eigenvalue weighted by atomic mass is 16.5. The van der Waals surface area contributed by atoms with E-state index in [0.29, 0.717) is 55.0 Å². The molecule has 0 spiro atoms. The molecule has 0 bridgehead atoms. The van der Waals surface area contributed by atoms with Gasteiger partial charge < -0.3 is 19.3 Å².